The summed E-state index contributed by atoms with van der Waals surface area (Å²) in [6.45, 7) is 10.4. The normalized spacial score (nSPS) is 35.6. The van der Waals surface area contributed by atoms with E-state index in [1.807, 2.05) is 0 Å². The van der Waals surface area contributed by atoms with Crippen molar-refractivity contribution in [3.8, 4) is 0 Å². The van der Waals surface area contributed by atoms with E-state index in [-0.39, 0.29) is 23.9 Å². The molecule has 3 unspecified atom stereocenters. The number of ether oxygens (including phenoxy) is 2. The minimum atomic E-state index is -0.280. The van der Waals surface area contributed by atoms with Crippen molar-refractivity contribution in [3.63, 3.8) is 0 Å². The molecule has 1 aliphatic carbocycles. The minimum Gasteiger partial charge on any atom is -0.390 e. The predicted octanol–water partition coefficient (Wildman–Crippen LogP) is 0.711. The maximum Gasteiger partial charge on any atom is 0.0809 e. The molecule has 2 saturated heterocycles. The highest BCUT2D eigenvalue weighted by Crippen LogP contribution is 2.38. The highest BCUT2D eigenvalue weighted by Gasteiger charge is 2.42. The SMILES string of the molecule is CC1CN(CC(O)CN2CCOC3(CCC3)C2)CC(C)O1. The van der Waals surface area contributed by atoms with E-state index in [0.717, 1.165) is 45.9 Å². The Morgan fingerprint density at radius 2 is 1.81 bits per heavy atom. The Balaban J connectivity index is 1.44. The Kier molecular flexibility index (Phi) is 4.86. The average Bonchev–Trinajstić information content (AvgIpc) is 2.35. The third-order valence-electron chi connectivity index (χ3n) is 5.03. The Hall–Kier alpha value is -0.200. The van der Waals surface area contributed by atoms with Crippen LogP contribution < -0.4 is 0 Å². The standard InChI is InChI=1S/C16H30N2O3/c1-13-8-18(9-14(2)21-13)11-15(19)10-17-6-7-20-16(12-17)4-3-5-16/h13-15,19H,3-12H2,1-2H3. The highest BCUT2D eigenvalue weighted by molar-refractivity contribution is 4.95. The molecule has 0 aromatic rings. The molecule has 0 aromatic carbocycles. The molecule has 1 N–H and O–H groups in total. The number of rotatable bonds is 4. The van der Waals surface area contributed by atoms with Gasteiger partial charge in [0, 0.05) is 39.3 Å². The van der Waals surface area contributed by atoms with Crippen molar-refractivity contribution < 1.29 is 14.6 Å². The van der Waals surface area contributed by atoms with Crippen LogP contribution in [0.15, 0.2) is 0 Å². The summed E-state index contributed by atoms with van der Waals surface area (Å²) in [6, 6.07) is 0. The molecule has 3 aliphatic rings. The van der Waals surface area contributed by atoms with Crippen molar-refractivity contribution in [1.29, 1.82) is 0 Å². The molecule has 0 radical (unpaired) electrons. The number of β-amino-alcohol motifs (C(OH)–C–C–N with tert-alkyl or cyclic N) is 1. The minimum absolute atomic E-state index is 0.125. The van der Waals surface area contributed by atoms with Crippen molar-refractivity contribution in [2.45, 2.75) is 57.0 Å². The Morgan fingerprint density at radius 3 is 2.43 bits per heavy atom. The lowest BCUT2D eigenvalue weighted by molar-refractivity contribution is -0.156. The Labute approximate surface area is 128 Å². The van der Waals surface area contributed by atoms with Crippen LogP contribution in [0.1, 0.15) is 33.1 Å². The van der Waals surface area contributed by atoms with E-state index >= 15 is 0 Å². The van der Waals surface area contributed by atoms with E-state index in [4.69, 9.17) is 9.47 Å². The molecular weight excluding hydrogens is 268 g/mol. The summed E-state index contributed by atoms with van der Waals surface area (Å²) in [5.74, 6) is 0. The van der Waals surface area contributed by atoms with Crippen LogP contribution in [0.3, 0.4) is 0 Å². The van der Waals surface area contributed by atoms with E-state index < -0.39 is 0 Å². The first-order valence-electron chi connectivity index (χ1n) is 8.47. The first kappa shape index (κ1) is 15.7. The van der Waals surface area contributed by atoms with Gasteiger partial charge in [0.05, 0.1) is 30.5 Å². The first-order chi connectivity index (χ1) is 10.0. The molecular formula is C16H30N2O3. The van der Waals surface area contributed by atoms with Crippen LogP contribution in [0.4, 0.5) is 0 Å². The van der Waals surface area contributed by atoms with E-state index in [9.17, 15) is 5.11 Å². The lowest BCUT2D eigenvalue weighted by atomic mass is 9.79. The lowest BCUT2D eigenvalue weighted by Crippen LogP contribution is -2.57. The molecule has 5 heteroatoms. The van der Waals surface area contributed by atoms with Crippen molar-refractivity contribution in [2.24, 2.45) is 0 Å². The number of aliphatic hydroxyl groups excluding tert-OH is 1. The van der Waals surface area contributed by atoms with Gasteiger partial charge in [0.2, 0.25) is 0 Å². The second-order valence-electron chi connectivity index (χ2n) is 7.25. The number of morpholine rings is 2. The maximum atomic E-state index is 10.4. The fraction of sp³-hybridized carbons (Fsp3) is 1.00. The van der Waals surface area contributed by atoms with Gasteiger partial charge in [-0.3, -0.25) is 9.80 Å². The largest absolute Gasteiger partial charge is 0.390 e. The first-order valence-corrected chi connectivity index (χ1v) is 8.47. The van der Waals surface area contributed by atoms with Gasteiger partial charge >= 0.3 is 0 Å². The van der Waals surface area contributed by atoms with Crippen LogP contribution in [0.2, 0.25) is 0 Å². The maximum absolute atomic E-state index is 10.4. The zero-order valence-corrected chi connectivity index (χ0v) is 13.5. The quantitative estimate of drug-likeness (QED) is 0.828. The zero-order valence-electron chi connectivity index (χ0n) is 13.5. The molecule has 3 rings (SSSR count). The summed E-state index contributed by atoms with van der Waals surface area (Å²) < 4.78 is 11.7. The zero-order chi connectivity index (χ0) is 14.9. The van der Waals surface area contributed by atoms with Gasteiger partial charge in [-0.1, -0.05) is 0 Å². The van der Waals surface area contributed by atoms with Gasteiger partial charge in [0.1, 0.15) is 0 Å². The molecule has 3 fully saturated rings. The summed E-state index contributed by atoms with van der Waals surface area (Å²) in [5, 5.41) is 10.4. The second-order valence-corrected chi connectivity index (χ2v) is 7.25. The monoisotopic (exact) mass is 298 g/mol. The van der Waals surface area contributed by atoms with E-state index in [1.165, 1.54) is 19.3 Å². The average molecular weight is 298 g/mol. The molecule has 1 saturated carbocycles. The van der Waals surface area contributed by atoms with Gasteiger partial charge < -0.3 is 14.6 Å². The predicted molar refractivity (Wildman–Crippen MR) is 81.4 cm³/mol. The Morgan fingerprint density at radius 1 is 1.14 bits per heavy atom. The summed E-state index contributed by atoms with van der Waals surface area (Å²) >= 11 is 0. The molecule has 0 aromatic heterocycles. The van der Waals surface area contributed by atoms with E-state index in [2.05, 4.69) is 23.6 Å². The number of hydrogen-bond acceptors (Lipinski definition) is 5. The molecule has 21 heavy (non-hydrogen) atoms. The molecule has 1 spiro atoms. The third-order valence-corrected chi connectivity index (χ3v) is 5.03. The number of nitrogens with zero attached hydrogens (tertiary/aromatic N) is 2. The van der Waals surface area contributed by atoms with Crippen molar-refractivity contribution in [2.75, 3.05) is 45.9 Å². The van der Waals surface area contributed by atoms with Crippen molar-refractivity contribution in [1.82, 2.24) is 9.80 Å². The van der Waals surface area contributed by atoms with Crippen LogP contribution in [0.25, 0.3) is 0 Å². The van der Waals surface area contributed by atoms with Gasteiger partial charge in [-0.15, -0.1) is 0 Å². The molecule has 3 atom stereocenters. The van der Waals surface area contributed by atoms with Crippen molar-refractivity contribution in [3.05, 3.63) is 0 Å². The van der Waals surface area contributed by atoms with Crippen LogP contribution >= 0.6 is 0 Å². The Bertz CT molecular complexity index is 338. The second kappa shape index (κ2) is 6.50. The van der Waals surface area contributed by atoms with Gasteiger partial charge in [-0.2, -0.15) is 0 Å². The van der Waals surface area contributed by atoms with Crippen molar-refractivity contribution >= 4 is 0 Å². The topological polar surface area (TPSA) is 45.2 Å². The summed E-state index contributed by atoms with van der Waals surface area (Å²) in [6.07, 6.45) is 3.93. The van der Waals surface area contributed by atoms with Crippen LogP contribution in [0.5, 0.6) is 0 Å². The molecule has 2 aliphatic heterocycles. The fourth-order valence-electron chi connectivity index (χ4n) is 4.04. The number of hydrogen-bond donors (Lipinski definition) is 1. The molecule has 0 bridgehead atoms. The highest BCUT2D eigenvalue weighted by atomic mass is 16.5. The fourth-order valence-corrected chi connectivity index (χ4v) is 4.04. The smallest absolute Gasteiger partial charge is 0.0809 e. The van der Waals surface area contributed by atoms with Crippen LogP contribution in [-0.4, -0.2) is 84.7 Å². The summed E-state index contributed by atoms with van der Waals surface area (Å²) in [5.41, 5.74) is 0.125. The lowest BCUT2D eigenvalue weighted by Gasteiger charge is -2.49. The molecule has 122 valence electrons. The van der Waals surface area contributed by atoms with Crippen LogP contribution in [0, 0.1) is 0 Å². The summed E-state index contributed by atoms with van der Waals surface area (Å²) in [7, 11) is 0. The molecule has 5 nitrogen and oxygen atoms in total. The van der Waals surface area contributed by atoms with Gasteiger partial charge in [-0.05, 0) is 33.1 Å². The summed E-state index contributed by atoms with van der Waals surface area (Å²) in [4.78, 5) is 4.73. The van der Waals surface area contributed by atoms with Gasteiger partial charge in [0.15, 0.2) is 0 Å². The van der Waals surface area contributed by atoms with E-state index in [1.54, 1.807) is 0 Å². The van der Waals surface area contributed by atoms with E-state index in [0.29, 0.717) is 0 Å². The molecule has 0 amide bonds. The third kappa shape index (κ3) is 3.96. The van der Waals surface area contributed by atoms with Gasteiger partial charge in [-0.25, -0.2) is 0 Å². The van der Waals surface area contributed by atoms with Crippen LogP contribution in [-0.2, 0) is 9.47 Å². The van der Waals surface area contributed by atoms with Gasteiger partial charge in [0.25, 0.3) is 0 Å². The molecule has 2 heterocycles. The number of aliphatic hydroxyl groups is 1.